The minimum absolute atomic E-state index is 0.0420. The van der Waals surface area contributed by atoms with E-state index in [1.54, 1.807) is 0 Å². The van der Waals surface area contributed by atoms with E-state index in [1.165, 1.54) is 0 Å². The van der Waals surface area contributed by atoms with Gasteiger partial charge in [-0.3, -0.25) is 0 Å². The minimum atomic E-state index is -1.12. The molecular weight excluding hydrogens is 230 g/mol. The Kier molecular flexibility index (Phi) is 2.39. The number of nitrogens with one attached hydrogen (secondary N) is 1. The van der Waals surface area contributed by atoms with Crippen molar-refractivity contribution < 1.29 is 9.50 Å². The molecule has 1 aliphatic heterocycles. The predicted octanol–water partition coefficient (Wildman–Crippen LogP) is 1.32. The van der Waals surface area contributed by atoms with Gasteiger partial charge in [0.15, 0.2) is 11.0 Å². The second-order valence-corrected chi connectivity index (χ2v) is 3.95. The van der Waals surface area contributed by atoms with Crippen LogP contribution in [0, 0.1) is 5.82 Å². The van der Waals surface area contributed by atoms with Gasteiger partial charge in [-0.25, -0.2) is 9.37 Å². The first kappa shape index (κ1) is 10.1. The largest absolute Gasteiger partial charge is 0.382 e. The molecule has 1 saturated heterocycles. The molecule has 0 spiro atoms. The Labute approximate surface area is 89.9 Å². The molecule has 0 aromatic carbocycles. The van der Waals surface area contributed by atoms with E-state index < -0.39 is 11.4 Å². The zero-order valence-corrected chi connectivity index (χ0v) is 8.53. The first-order valence-electron chi connectivity index (χ1n) is 3.98. The van der Waals surface area contributed by atoms with E-state index >= 15 is 0 Å². The lowest BCUT2D eigenvalue weighted by Gasteiger charge is -2.38. The smallest absolute Gasteiger partial charge is 0.166 e. The lowest BCUT2D eigenvalue weighted by molar-refractivity contribution is -0.0151. The van der Waals surface area contributed by atoms with Crippen LogP contribution >= 0.6 is 23.2 Å². The van der Waals surface area contributed by atoms with Gasteiger partial charge in [0.25, 0.3) is 0 Å². The SMILES string of the molecule is OC1(c2cc(F)c(Cl)nc2Cl)CNC1. The zero-order chi connectivity index (χ0) is 10.3. The maximum absolute atomic E-state index is 13.1. The van der Waals surface area contributed by atoms with Crippen LogP contribution in [0.25, 0.3) is 0 Å². The molecular formula is C8H7Cl2FN2O. The normalized spacial score (nSPS) is 19.1. The highest BCUT2D eigenvalue weighted by molar-refractivity contribution is 6.33. The third kappa shape index (κ3) is 1.48. The average molecular weight is 237 g/mol. The molecule has 0 bridgehead atoms. The van der Waals surface area contributed by atoms with Gasteiger partial charge in [0.1, 0.15) is 10.8 Å². The van der Waals surface area contributed by atoms with Gasteiger partial charge in [-0.05, 0) is 6.07 Å². The van der Waals surface area contributed by atoms with Crippen molar-refractivity contribution in [3.8, 4) is 0 Å². The molecule has 0 radical (unpaired) electrons. The Bertz CT molecular complexity index is 382. The van der Waals surface area contributed by atoms with Crippen LogP contribution < -0.4 is 5.32 Å². The number of pyridine rings is 1. The number of aromatic nitrogens is 1. The van der Waals surface area contributed by atoms with Crippen molar-refractivity contribution in [1.29, 1.82) is 0 Å². The Balaban J connectivity index is 2.48. The number of β-amino-alcohol motifs (C(OH)–C–C–N with tert-alkyl or cyclic N) is 1. The summed E-state index contributed by atoms with van der Waals surface area (Å²) in [6.07, 6.45) is 0. The first-order chi connectivity index (χ1) is 6.53. The van der Waals surface area contributed by atoms with E-state index in [4.69, 9.17) is 23.2 Å². The Morgan fingerprint density at radius 2 is 2.07 bits per heavy atom. The molecule has 0 unspecified atom stereocenters. The molecule has 0 atom stereocenters. The summed E-state index contributed by atoms with van der Waals surface area (Å²) in [7, 11) is 0. The number of nitrogens with zero attached hydrogens (tertiary/aromatic N) is 1. The highest BCUT2D eigenvalue weighted by atomic mass is 35.5. The minimum Gasteiger partial charge on any atom is -0.382 e. The molecule has 14 heavy (non-hydrogen) atoms. The van der Waals surface area contributed by atoms with E-state index in [-0.39, 0.29) is 15.9 Å². The van der Waals surface area contributed by atoms with E-state index in [0.717, 1.165) is 6.07 Å². The molecule has 0 amide bonds. The van der Waals surface area contributed by atoms with Crippen LogP contribution in [-0.2, 0) is 5.60 Å². The second kappa shape index (κ2) is 3.31. The quantitative estimate of drug-likeness (QED) is 0.724. The summed E-state index contributed by atoms with van der Waals surface area (Å²) in [6, 6.07) is 1.12. The molecule has 3 nitrogen and oxygen atoms in total. The van der Waals surface area contributed by atoms with Gasteiger partial charge in [-0.15, -0.1) is 0 Å². The van der Waals surface area contributed by atoms with E-state index in [2.05, 4.69) is 10.3 Å². The molecule has 1 aromatic heterocycles. The van der Waals surface area contributed by atoms with Crippen molar-refractivity contribution >= 4 is 23.2 Å². The van der Waals surface area contributed by atoms with Crippen molar-refractivity contribution in [2.24, 2.45) is 0 Å². The number of hydrogen-bond donors (Lipinski definition) is 2. The Hall–Kier alpha value is -0.420. The fourth-order valence-electron chi connectivity index (χ4n) is 1.32. The second-order valence-electron chi connectivity index (χ2n) is 3.23. The molecule has 1 aliphatic rings. The molecule has 0 saturated carbocycles. The highest BCUT2D eigenvalue weighted by Crippen LogP contribution is 2.32. The molecule has 2 rings (SSSR count). The van der Waals surface area contributed by atoms with Crippen molar-refractivity contribution in [2.75, 3.05) is 13.1 Å². The van der Waals surface area contributed by atoms with Gasteiger partial charge >= 0.3 is 0 Å². The zero-order valence-electron chi connectivity index (χ0n) is 7.02. The van der Waals surface area contributed by atoms with Crippen LogP contribution in [0.3, 0.4) is 0 Å². The summed E-state index contributed by atoms with van der Waals surface area (Å²) < 4.78 is 13.1. The third-order valence-electron chi connectivity index (χ3n) is 2.22. The van der Waals surface area contributed by atoms with Crippen LogP contribution in [0.1, 0.15) is 5.56 Å². The van der Waals surface area contributed by atoms with Crippen LogP contribution in [-0.4, -0.2) is 23.2 Å². The van der Waals surface area contributed by atoms with Crippen LogP contribution in [0.15, 0.2) is 6.07 Å². The van der Waals surface area contributed by atoms with E-state index in [0.29, 0.717) is 13.1 Å². The number of hydrogen-bond acceptors (Lipinski definition) is 3. The maximum atomic E-state index is 13.1. The third-order valence-corrected chi connectivity index (χ3v) is 2.78. The summed E-state index contributed by atoms with van der Waals surface area (Å²) in [5, 5.41) is 12.5. The topological polar surface area (TPSA) is 45.2 Å². The van der Waals surface area contributed by atoms with Gasteiger partial charge in [0.05, 0.1) is 0 Å². The number of halogens is 3. The molecule has 76 valence electrons. The number of aliphatic hydroxyl groups is 1. The fraction of sp³-hybridized carbons (Fsp3) is 0.375. The summed E-state index contributed by atoms with van der Waals surface area (Å²) in [5.41, 5.74) is -0.838. The Morgan fingerprint density at radius 1 is 1.43 bits per heavy atom. The van der Waals surface area contributed by atoms with Crippen molar-refractivity contribution in [3.63, 3.8) is 0 Å². The average Bonchev–Trinajstić information content (AvgIpc) is 2.07. The molecule has 6 heteroatoms. The maximum Gasteiger partial charge on any atom is 0.166 e. The lowest BCUT2D eigenvalue weighted by Crippen LogP contribution is -2.57. The van der Waals surface area contributed by atoms with Crippen LogP contribution in [0.5, 0.6) is 0 Å². The van der Waals surface area contributed by atoms with Crippen molar-refractivity contribution in [2.45, 2.75) is 5.60 Å². The molecule has 2 heterocycles. The first-order valence-corrected chi connectivity index (χ1v) is 4.74. The molecule has 0 aliphatic carbocycles. The molecule has 1 aromatic rings. The van der Waals surface area contributed by atoms with Gasteiger partial charge in [-0.2, -0.15) is 0 Å². The van der Waals surface area contributed by atoms with Crippen molar-refractivity contribution in [3.05, 3.63) is 27.8 Å². The van der Waals surface area contributed by atoms with Gasteiger partial charge in [-0.1, -0.05) is 23.2 Å². The standard InChI is InChI=1S/C8H7Cl2FN2O/c9-6-4(8(14)2-12-3-8)1-5(11)7(10)13-6/h1,12,14H,2-3H2. The molecule has 2 N–H and O–H groups in total. The summed E-state index contributed by atoms with van der Waals surface area (Å²) in [6.45, 7) is 0.685. The highest BCUT2D eigenvalue weighted by Gasteiger charge is 2.39. The Morgan fingerprint density at radius 3 is 2.57 bits per heavy atom. The van der Waals surface area contributed by atoms with Gasteiger partial charge in [0.2, 0.25) is 0 Å². The fourth-order valence-corrected chi connectivity index (χ4v) is 1.82. The molecule has 1 fully saturated rings. The summed E-state index contributed by atoms with van der Waals surface area (Å²) in [4.78, 5) is 3.59. The van der Waals surface area contributed by atoms with Crippen LogP contribution in [0.4, 0.5) is 4.39 Å². The van der Waals surface area contributed by atoms with Crippen molar-refractivity contribution in [1.82, 2.24) is 10.3 Å². The summed E-state index contributed by atoms with van der Waals surface area (Å²) in [5.74, 6) is -0.675. The van der Waals surface area contributed by atoms with Gasteiger partial charge < -0.3 is 10.4 Å². The van der Waals surface area contributed by atoms with E-state index in [9.17, 15) is 9.50 Å². The van der Waals surface area contributed by atoms with Gasteiger partial charge in [0, 0.05) is 18.7 Å². The van der Waals surface area contributed by atoms with E-state index in [1.807, 2.05) is 0 Å². The summed E-state index contributed by atoms with van der Waals surface area (Å²) >= 11 is 11.2. The number of rotatable bonds is 1. The lowest BCUT2D eigenvalue weighted by atomic mass is 9.89. The monoisotopic (exact) mass is 236 g/mol. The predicted molar refractivity (Wildman–Crippen MR) is 51.0 cm³/mol. The van der Waals surface area contributed by atoms with Crippen LogP contribution in [0.2, 0.25) is 10.3 Å².